The Kier molecular flexibility index (Phi) is 3.82. The zero-order valence-electron chi connectivity index (χ0n) is 13.9. The van der Waals surface area contributed by atoms with Crippen LogP contribution in [0.15, 0.2) is 42.9 Å². The third-order valence-corrected chi connectivity index (χ3v) is 4.71. The van der Waals surface area contributed by atoms with E-state index in [0.717, 1.165) is 49.8 Å². The molecule has 1 aliphatic rings. The molecule has 0 atom stereocenters. The Morgan fingerprint density at radius 2 is 1.92 bits per heavy atom. The standard InChI is InChI=1S/C18H22N6/c1-2-22-8-10-23(11-9-22)14-5-6-16(20-12-14)17-13-24-7-3-4-15(19)18(24)21-17/h3-7,12-13H,2,8-11,19H2,1H3. The molecular formula is C18H22N6. The van der Waals surface area contributed by atoms with Gasteiger partial charge in [-0.3, -0.25) is 4.98 Å². The summed E-state index contributed by atoms with van der Waals surface area (Å²) < 4.78 is 1.93. The molecule has 0 spiro atoms. The van der Waals surface area contributed by atoms with Gasteiger partial charge < -0.3 is 19.9 Å². The minimum absolute atomic E-state index is 0.675. The highest BCUT2D eigenvalue weighted by Gasteiger charge is 2.16. The minimum atomic E-state index is 0.675. The summed E-state index contributed by atoms with van der Waals surface area (Å²) in [6.07, 6.45) is 5.86. The summed E-state index contributed by atoms with van der Waals surface area (Å²) in [5.74, 6) is 0. The smallest absolute Gasteiger partial charge is 0.160 e. The minimum Gasteiger partial charge on any atom is -0.396 e. The summed E-state index contributed by atoms with van der Waals surface area (Å²) in [6.45, 7) is 7.68. The molecule has 4 rings (SSSR count). The molecule has 6 nitrogen and oxygen atoms in total. The van der Waals surface area contributed by atoms with Crippen LogP contribution in [-0.4, -0.2) is 52.0 Å². The second kappa shape index (κ2) is 6.13. The number of hydrogen-bond donors (Lipinski definition) is 1. The number of aromatic nitrogens is 3. The Hall–Kier alpha value is -2.60. The molecule has 1 aliphatic heterocycles. The number of anilines is 2. The summed E-state index contributed by atoms with van der Waals surface area (Å²) in [6, 6.07) is 7.95. The summed E-state index contributed by atoms with van der Waals surface area (Å²) in [4.78, 5) is 14.1. The Morgan fingerprint density at radius 1 is 1.08 bits per heavy atom. The van der Waals surface area contributed by atoms with Crippen LogP contribution < -0.4 is 10.6 Å². The van der Waals surface area contributed by atoms with Crippen LogP contribution in [0.2, 0.25) is 0 Å². The maximum atomic E-state index is 5.98. The van der Waals surface area contributed by atoms with Gasteiger partial charge in [-0.25, -0.2) is 4.98 Å². The first-order chi connectivity index (χ1) is 11.7. The van der Waals surface area contributed by atoms with E-state index in [0.29, 0.717) is 5.69 Å². The number of rotatable bonds is 3. The topological polar surface area (TPSA) is 62.7 Å². The van der Waals surface area contributed by atoms with Gasteiger partial charge in [0.1, 0.15) is 5.69 Å². The van der Waals surface area contributed by atoms with E-state index >= 15 is 0 Å². The van der Waals surface area contributed by atoms with E-state index in [4.69, 9.17) is 5.73 Å². The number of hydrogen-bond acceptors (Lipinski definition) is 5. The molecule has 3 aromatic rings. The first kappa shape index (κ1) is 15.0. The van der Waals surface area contributed by atoms with Gasteiger partial charge in [0, 0.05) is 38.6 Å². The highest BCUT2D eigenvalue weighted by Crippen LogP contribution is 2.23. The SMILES string of the molecule is CCN1CCN(c2ccc(-c3cn4cccc(N)c4n3)nc2)CC1. The molecule has 3 aromatic heterocycles. The molecule has 4 heterocycles. The Bertz CT molecular complexity index is 830. The van der Waals surface area contributed by atoms with Crippen LogP contribution in [0.5, 0.6) is 0 Å². The van der Waals surface area contributed by atoms with Gasteiger partial charge in [-0.2, -0.15) is 0 Å². The average Bonchev–Trinajstić information content (AvgIpc) is 3.08. The fourth-order valence-corrected chi connectivity index (χ4v) is 3.21. The van der Waals surface area contributed by atoms with Gasteiger partial charge in [0.05, 0.1) is 23.3 Å². The molecule has 24 heavy (non-hydrogen) atoms. The molecule has 0 unspecified atom stereocenters. The molecule has 1 fully saturated rings. The van der Waals surface area contributed by atoms with Crippen LogP contribution in [0.4, 0.5) is 11.4 Å². The van der Waals surface area contributed by atoms with E-state index < -0.39 is 0 Å². The van der Waals surface area contributed by atoms with Gasteiger partial charge in [-0.15, -0.1) is 0 Å². The first-order valence-electron chi connectivity index (χ1n) is 8.41. The van der Waals surface area contributed by atoms with Crippen molar-refractivity contribution in [2.45, 2.75) is 6.92 Å². The number of nitrogens with two attached hydrogens (primary N) is 1. The second-order valence-electron chi connectivity index (χ2n) is 6.14. The number of imidazole rings is 1. The summed E-state index contributed by atoms with van der Waals surface area (Å²) in [7, 11) is 0. The Morgan fingerprint density at radius 3 is 2.58 bits per heavy atom. The van der Waals surface area contributed by atoms with Crippen molar-refractivity contribution in [2.75, 3.05) is 43.4 Å². The summed E-state index contributed by atoms with van der Waals surface area (Å²) >= 11 is 0. The first-order valence-corrected chi connectivity index (χ1v) is 8.41. The van der Waals surface area contributed by atoms with Crippen molar-refractivity contribution < 1.29 is 0 Å². The Labute approximate surface area is 141 Å². The number of piperazine rings is 1. The molecule has 124 valence electrons. The van der Waals surface area contributed by atoms with Gasteiger partial charge in [-0.1, -0.05) is 6.92 Å². The van der Waals surface area contributed by atoms with Crippen LogP contribution in [0.3, 0.4) is 0 Å². The second-order valence-corrected chi connectivity index (χ2v) is 6.14. The molecule has 0 bridgehead atoms. The Balaban J connectivity index is 1.56. The maximum Gasteiger partial charge on any atom is 0.160 e. The lowest BCUT2D eigenvalue weighted by atomic mass is 10.2. The lowest BCUT2D eigenvalue weighted by molar-refractivity contribution is 0.271. The predicted octanol–water partition coefficient (Wildman–Crippen LogP) is 2.12. The van der Waals surface area contributed by atoms with Gasteiger partial charge >= 0.3 is 0 Å². The van der Waals surface area contributed by atoms with Gasteiger partial charge in [-0.05, 0) is 30.8 Å². The molecule has 6 heteroatoms. The van der Waals surface area contributed by atoms with E-state index in [1.54, 1.807) is 0 Å². The molecule has 0 amide bonds. The van der Waals surface area contributed by atoms with E-state index in [2.05, 4.69) is 32.8 Å². The molecule has 1 saturated heterocycles. The maximum absolute atomic E-state index is 5.98. The molecule has 0 radical (unpaired) electrons. The largest absolute Gasteiger partial charge is 0.396 e. The average molecular weight is 322 g/mol. The van der Waals surface area contributed by atoms with Crippen molar-refractivity contribution in [3.8, 4) is 11.4 Å². The van der Waals surface area contributed by atoms with Crippen molar-refractivity contribution in [3.63, 3.8) is 0 Å². The van der Waals surface area contributed by atoms with E-state index in [9.17, 15) is 0 Å². The van der Waals surface area contributed by atoms with Crippen LogP contribution in [-0.2, 0) is 0 Å². The molecule has 2 N–H and O–H groups in total. The zero-order chi connectivity index (χ0) is 16.5. The summed E-state index contributed by atoms with van der Waals surface area (Å²) in [5, 5.41) is 0. The van der Waals surface area contributed by atoms with Crippen molar-refractivity contribution in [3.05, 3.63) is 42.9 Å². The number of likely N-dealkylation sites (N-methyl/N-ethyl adjacent to an activating group) is 1. The van der Waals surface area contributed by atoms with E-state index in [-0.39, 0.29) is 0 Å². The van der Waals surface area contributed by atoms with Gasteiger partial charge in [0.25, 0.3) is 0 Å². The van der Waals surface area contributed by atoms with Crippen LogP contribution in [0.1, 0.15) is 6.92 Å². The van der Waals surface area contributed by atoms with Crippen molar-refractivity contribution >= 4 is 17.0 Å². The van der Waals surface area contributed by atoms with Crippen molar-refractivity contribution in [1.29, 1.82) is 0 Å². The number of nitrogen functional groups attached to an aromatic ring is 1. The predicted molar refractivity (Wildman–Crippen MR) is 97.2 cm³/mol. The quantitative estimate of drug-likeness (QED) is 0.800. The summed E-state index contributed by atoms with van der Waals surface area (Å²) in [5.41, 5.74) is 10.3. The van der Waals surface area contributed by atoms with E-state index in [1.807, 2.05) is 41.2 Å². The van der Waals surface area contributed by atoms with Gasteiger partial charge in [0.2, 0.25) is 0 Å². The van der Waals surface area contributed by atoms with Crippen molar-refractivity contribution in [1.82, 2.24) is 19.3 Å². The normalized spacial score (nSPS) is 16.0. The molecule has 0 saturated carbocycles. The molecule has 0 aliphatic carbocycles. The van der Waals surface area contributed by atoms with Crippen LogP contribution in [0.25, 0.3) is 17.0 Å². The lowest BCUT2D eigenvalue weighted by Gasteiger charge is -2.35. The third kappa shape index (κ3) is 2.69. The van der Waals surface area contributed by atoms with Crippen LogP contribution >= 0.6 is 0 Å². The number of pyridine rings is 2. The zero-order valence-corrected chi connectivity index (χ0v) is 13.9. The van der Waals surface area contributed by atoms with E-state index in [1.165, 1.54) is 5.69 Å². The molecular weight excluding hydrogens is 300 g/mol. The highest BCUT2D eigenvalue weighted by atomic mass is 15.3. The fourth-order valence-electron chi connectivity index (χ4n) is 3.21. The number of fused-ring (bicyclic) bond motifs is 1. The van der Waals surface area contributed by atoms with Crippen molar-refractivity contribution in [2.24, 2.45) is 0 Å². The molecule has 0 aromatic carbocycles. The highest BCUT2D eigenvalue weighted by molar-refractivity contribution is 5.69. The lowest BCUT2D eigenvalue weighted by Crippen LogP contribution is -2.46. The number of nitrogens with zero attached hydrogens (tertiary/aromatic N) is 5. The fraction of sp³-hybridized carbons (Fsp3) is 0.333. The van der Waals surface area contributed by atoms with Gasteiger partial charge in [0.15, 0.2) is 5.65 Å². The monoisotopic (exact) mass is 322 g/mol. The van der Waals surface area contributed by atoms with Crippen LogP contribution in [0, 0.1) is 0 Å². The third-order valence-electron chi connectivity index (χ3n) is 4.71.